The number of carbonyl (C=O) groups excluding carboxylic acids is 1. The maximum absolute atomic E-state index is 13.6. The van der Waals surface area contributed by atoms with Crippen LogP contribution >= 0.6 is 11.6 Å². The number of nitrogens with zero attached hydrogens (tertiary/aromatic N) is 4. The molecule has 2 fully saturated rings. The fourth-order valence-corrected chi connectivity index (χ4v) is 5.22. The van der Waals surface area contributed by atoms with Crippen molar-refractivity contribution in [2.24, 2.45) is 11.8 Å². The molecule has 3 heterocycles. The van der Waals surface area contributed by atoms with Gasteiger partial charge in [0, 0.05) is 35.1 Å². The molecule has 0 radical (unpaired) electrons. The second-order valence-corrected chi connectivity index (χ2v) is 11.4. The highest BCUT2D eigenvalue weighted by atomic mass is 35.5. The Labute approximate surface area is 244 Å². The first kappa shape index (κ1) is 28.3. The van der Waals surface area contributed by atoms with Crippen LogP contribution in [0.1, 0.15) is 49.3 Å². The molecule has 0 unspecified atom stereocenters. The van der Waals surface area contributed by atoms with E-state index in [-0.39, 0.29) is 53.0 Å². The number of fused-ring (bicyclic) bond motifs is 2. The number of cyclic esters (lactones) is 1. The number of anilines is 2. The zero-order chi connectivity index (χ0) is 29.6. The van der Waals surface area contributed by atoms with E-state index in [0.29, 0.717) is 6.04 Å². The molecule has 0 amide bonds. The molecule has 2 saturated carbocycles. The van der Waals surface area contributed by atoms with Crippen molar-refractivity contribution in [2.45, 2.75) is 62.4 Å². The van der Waals surface area contributed by atoms with E-state index in [0.717, 1.165) is 49.1 Å². The minimum Gasteiger partial charge on any atom is -0.431 e. The van der Waals surface area contributed by atoms with Gasteiger partial charge in [-0.3, -0.25) is 4.79 Å². The number of nitrogens with one attached hydrogen (secondary N) is 1. The molecule has 3 atom stereocenters. The fraction of sp³-hybridized carbons (Fsp3) is 0.448. The van der Waals surface area contributed by atoms with Crippen LogP contribution in [0, 0.1) is 23.7 Å². The lowest BCUT2D eigenvalue weighted by Gasteiger charge is -2.35. The Morgan fingerprint density at radius 1 is 1.21 bits per heavy atom. The van der Waals surface area contributed by atoms with Gasteiger partial charge >= 0.3 is 12.1 Å². The van der Waals surface area contributed by atoms with Crippen molar-refractivity contribution in [3.63, 3.8) is 0 Å². The number of benzene rings is 1. The number of allylic oxidation sites excluding steroid dienone is 1. The third-order valence-electron chi connectivity index (χ3n) is 7.58. The quantitative estimate of drug-likeness (QED) is 0.223. The number of hydrogen-bond donors (Lipinski definition) is 3. The van der Waals surface area contributed by atoms with E-state index in [1.807, 2.05) is 10.6 Å². The molecule has 0 bridgehead atoms. The zero-order valence-electron chi connectivity index (χ0n) is 22.4. The summed E-state index contributed by atoms with van der Waals surface area (Å²) in [6.45, 7) is 0.172. The molecule has 2 aromatic heterocycles. The first-order valence-corrected chi connectivity index (χ1v) is 14.1. The van der Waals surface area contributed by atoms with Crippen LogP contribution in [0.15, 0.2) is 36.7 Å². The summed E-state index contributed by atoms with van der Waals surface area (Å²) >= 11 is 5.81. The summed E-state index contributed by atoms with van der Waals surface area (Å²) in [5.74, 6) is 4.94. The molecule has 220 valence electrons. The van der Waals surface area contributed by atoms with Gasteiger partial charge in [0.1, 0.15) is 0 Å². The van der Waals surface area contributed by atoms with Crippen LogP contribution in [-0.4, -0.2) is 49.4 Å². The number of carbonyl (C=O) groups is 1. The molecule has 7 rings (SSSR count). The SMILES string of the molecule is Nc1nc(NC2CC2)c2ncn([C@H]3C=C[C@@H](CO)C3)c2n1.O=C1Cc2ccc(Cl)cc2[C@@](C#CC2CC2)(C(F)(F)F)O1. The number of nitrogen functional groups attached to an aromatic ring is 1. The second kappa shape index (κ2) is 10.8. The number of alkyl halides is 3. The summed E-state index contributed by atoms with van der Waals surface area (Å²) < 4.78 is 47.6. The minimum atomic E-state index is -4.83. The number of halogens is 4. The Hall–Kier alpha value is -3.82. The summed E-state index contributed by atoms with van der Waals surface area (Å²) in [6.07, 6.45) is 5.61. The lowest BCUT2D eigenvalue weighted by Crippen LogP contribution is -2.48. The van der Waals surface area contributed by atoms with E-state index in [2.05, 4.69) is 38.2 Å². The van der Waals surface area contributed by atoms with Crippen molar-refractivity contribution in [3.8, 4) is 11.8 Å². The van der Waals surface area contributed by atoms with Crippen molar-refractivity contribution < 1.29 is 27.8 Å². The first-order valence-electron chi connectivity index (χ1n) is 13.7. The fourth-order valence-electron chi connectivity index (χ4n) is 5.05. The summed E-state index contributed by atoms with van der Waals surface area (Å²) in [4.78, 5) is 24.7. The van der Waals surface area contributed by atoms with Crippen molar-refractivity contribution in [1.29, 1.82) is 0 Å². The summed E-state index contributed by atoms with van der Waals surface area (Å²) in [5, 5.41) is 12.8. The molecule has 0 saturated heterocycles. The van der Waals surface area contributed by atoms with E-state index in [9.17, 15) is 23.1 Å². The number of aromatic nitrogens is 4. The first-order chi connectivity index (χ1) is 20.1. The number of imidazole rings is 1. The molecule has 13 heteroatoms. The number of esters is 1. The molecule has 4 aliphatic rings. The van der Waals surface area contributed by atoms with Crippen LogP contribution in [-0.2, 0) is 21.6 Å². The van der Waals surface area contributed by atoms with Crippen molar-refractivity contribution in [1.82, 2.24) is 19.5 Å². The third kappa shape index (κ3) is 5.63. The van der Waals surface area contributed by atoms with Crippen LogP contribution in [0.3, 0.4) is 0 Å². The van der Waals surface area contributed by atoms with Crippen LogP contribution in [0.2, 0.25) is 5.02 Å². The van der Waals surface area contributed by atoms with Gasteiger partial charge in [0.15, 0.2) is 17.0 Å². The number of rotatable bonds is 4. The zero-order valence-corrected chi connectivity index (χ0v) is 23.1. The topological polar surface area (TPSA) is 128 Å². The normalized spacial score (nSPS) is 24.7. The number of aliphatic hydroxyl groups is 1. The van der Waals surface area contributed by atoms with E-state index in [1.54, 1.807) is 6.33 Å². The molecule has 4 N–H and O–H groups in total. The van der Waals surface area contributed by atoms with Gasteiger partial charge in [-0.15, -0.1) is 0 Å². The number of aliphatic hydroxyl groups excluding tert-OH is 1. The molecular formula is C29H28ClF3N6O3. The Morgan fingerprint density at radius 3 is 2.67 bits per heavy atom. The molecule has 9 nitrogen and oxygen atoms in total. The molecule has 3 aromatic rings. The van der Waals surface area contributed by atoms with Crippen LogP contribution in [0.5, 0.6) is 0 Å². The van der Waals surface area contributed by atoms with Gasteiger partial charge in [0.25, 0.3) is 5.60 Å². The van der Waals surface area contributed by atoms with E-state index in [4.69, 9.17) is 22.1 Å². The van der Waals surface area contributed by atoms with Gasteiger partial charge in [0.05, 0.1) is 18.8 Å². The number of nitrogens with two attached hydrogens (primary N) is 1. The average molecular weight is 601 g/mol. The largest absolute Gasteiger partial charge is 0.445 e. The lowest BCUT2D eigenvalue weighted by molar-refractivity contribution is -0.256. The van der Waals surface area contributed by atoms with Crippen LogP contribution < -0.4 is 11.1 Å². The molecule has 42 heavy (non-hydrogen) atoms. The molecular weight excluding hydrogens is 573 g/mol. The Kier molecular flexibility index (Phi) is 7.27. The van der Waals surface area contributed by atoms with Crippen molar-refractivity contribution in [2.75, 3.05) is 17.7 Å². The van der Waals surface area contributed by atoms with Gasteiger partial charge in [-0.1, -0.05) is 35.7 Å². The van der Waals surface area contributed by atoms with Crippen molar-refractivity contribution in [3.05, 3.63) is 52.8 Å². The highest BCUT2D eigenvalue weighted by Crippen LogP contribution is 2.47. The van der Waals surface area contributed by atoms with E-state index < -0.39 is 17.7 Å². The number of hydrogen-bond acceptors (Lipinski definition) is 8. The van der Waals surface area contributed by atoms with Gasteiger partial charge in [-0.2, -0.15) is 23.1 Å². The molecule has 1 aromatic carbocycles. The van der Waals surface area contributed by atoms with Gasteiger partial charge < -0.3 is 25.5 Å². The van der Waals surface area contributed by atoms with Gasteiger partial charge in [-0.25, -0.2) is 4.98 Å². The smallest absolute Gasteiger partial charge is 0.431 e. The highest BCUT2D eigenvalue weighted by molar-refractivity contribution is 6.30. The maximum Gasteiger partial charge on any atom is 0.445 e. The summed E-state index contributed by atoms with van der Waals surface area (Å²) in [6, 6.07) is 4.69. The number of ether oxygens (including phenoxy) is 1. The van der Waals surface area contributed by atoms with Gasteiger partial charge in [0.2, 0.25) is 5.95 Å². The van der Waals surface area contributed by atoms with Crippen molar-refractivity contribution >= 4 is 40.5 Å². The van der Waals surface area contributed by atoms with Crippen LogP contribution in [0.4, 0.5) is 24.9 Å². The Balaban J connectivity index is 0.000000150. The third-order valence-corrected chi connectivity index (χ3v) is 7.82. The predicted octanol–water partition coefficient (Wildman–Crippen LogP) is 4.70. The minimum absolute atomic E-state index is 0.0486. The summed E-state index contributed by atoms with van der Waals surface area (Å²) in [5.41, 5.74) is 4.50. The maximum atomic E-state index is 13.6. The van der Waals surface area contributed by atoms with Crippen LogP contribution in [0.25, 0.3) is 11.2 Å². The average Bonchev–Trinajstić information content (AvgIpc) is 3.85. The standard InChI is InChI=1S/C15H10ClF3O2.C14H18N6O/c16-11-4-3-10-7-13(20)21-14(12(10)8-11,15(17,18)19)6-5-9-1-2-9;15-14-18-12(17-9-2-3-9)11-13(19-14)20(7-16-11)10-4-1-8(5-10)6-21/h3-4,8-9H,1-2,7H2;1,4,7-10,21H,2-3,5-6H2,(H3,15,17,18,19)/t14-;8-,10+/m01/s1. The molecule has 0 spiro atoms. The Bertz CT molecular complexity index is 1620. The molecule has 1 aliphatic heterocycles. The van der Waals surface area contributed by atoms with E-state index >= 15 is 0 Å². The van der Waals surface area contributed by atoms with E-state index in [1.165, 1.54) is 18.2 Å². The predicted molar refractivity (Wildman–Crippen MR) is 149 cm³/mol. The summed E-state index contributed by atoms with van der Waals surface area (Å²) in [7, 11) is 0. The monoisotopic (exact) mass is 600 g/mol. The van der Waals surface area contributed by atoms with Gasteiger partial charge in [-0.05, 0) is 55.7 Å². The lowest BCUT2D eigenvalue weighted by atomic mass is 9.85. The molecule has 3 aliphatic carbocycles. The second-order valence-electron chi connectivity index (χ2n) is 11.0. The highest BCUT2D eigenvalue weighted by Gasteiger charge is 2.61. The Morgan fingerprint density at radius 2 is 2.00 bits per heavy atom.